The molecule has 0 atom stereocenters. The molecule has 2 nitrogen and oxygen atoms in total. The molecular formula is C5H3Cl2NOS. The van der Waals surface area contributed by atoms with Crippen molar-refractivity contribution in [3.63, 3.8) is 0 Å². The summed E-state index contributed by atoms with van der Waals surface area (Å²) in [5.41, 5.74) is 0.638. The number of oxime groups is 1. The van der Waals surface area contributed by atoms with Crippen LogP contribution < -0.4 is 0 Å². The van der Waals surface area contributed by atoms with E-state index in [4.69, 9.17) is 28.4 Å². The average molecular weight is 196 g/mol. The fourth-order valence-electron chi connectivity index (χ4n) is 0.503. The van der Waals surface area contributed by atoms with Gasteiger partial charge in [-0.3, -0.25) is 0 Å². The molecule has 1 N–H and O–H groups in total. The average Bonchev–Trinajstić information content (AvgIpc) is 2.13. The zero-order valence-corrected chi connectivity index (χ0v) is 7.04. The molecule has 0 unspecified atom stereocenters. The number of thiophene rings is 1. The molecule has 0 bridgehead atoms. The van der Waals surface area contributed by atoms with Crippen molar-refractivity contribution in [2.24, 2.45) is 5.16 Å². The molecule has 0 fully saturated rings. The Bertz CT molecular complexity index is 258. The number of halogens is 2. The maximum atomic E-state index is 8.13. The molecule has 1 aromatic rings. The van der Waals surface area contributed by atoms with Crippen molar-refractivity contribution in [2.45, 2.75) is 0 Å². The van der Waals surface area contributed by atoms with Crippen LogP contribution in [0.15, 0.2) is 11.2 Å². The van der Waals surface area contributed by atoms with Gasteiger partial charge < -0.3 is 5.21 Å². The standard InChI is InChI=1S/C5H3Cl2NOS/c6-4-1-3(2-8-9)5(7)10-4/h1-2,9H/b8-2+. The normalized spacial score (nSPS) is 11.0. The van der Waals surface area contributed by atoms with Crippen molar-refractivity contribution in [1.82, 2.24) is 0 Å². The predicted octanol–water partition coefficient (Wildman–Crippen LogP) is 2.86. The highest BCUT2D eigenvalue weighted by Gasteiger charge is 2.01. The second-order valence-electron chi connectivity index (χ2n) is 1.52. The summed E-state index contributed by atoms with van der Waals surface area (Å²) in [6.07, 6.45) is 1.24. The lowest BCUT2D eigenvalue weighted by Crippen LogP contribution is -1.73. The van der Waals surface area contributed by atoms with Gasteiger partial charge in [0.25, 0.3) is 0 Å². The molecule has 1 heterocycles. The Labute approximate surface area is 71.7 Å². The third-order valence-electron chi connectivity index (χ3n) is 0.880. The minimum atomic E-state index is 0.530. The van der Waals surface area contributed by atoms with Crippen LogP contribution in [0, 0.1) is 0 Å². The molecular weight excluding hydrogens is 193 g/mol. The second kappa shape index (κ2) is 3.23. The highest BCUT2D eigenvalue weighted by molar-refractivity contribution is 7.20. The van der Waals surface area contributed by atoms with Crippen molar-refractivity contribution < 1.29 is 5.21 Å². The van der Waals surface area contributed by atoms with Gasteiger partial charge in [0.2, 0.25) is 0 Å². The quantitative estimate of drug-likeness (QED) is 0.418. The van der Waals surface area contributed by atoms with Gasteiger partial charge in [0.05, 0.1) is 10.6 Å². The van der Waals surface area contributed by atoms with E-state index in [0.29, 0.717) is 14.2 Å². The van der Waals surface area contributed by atoms with Crippen LogP contribution in [0.5, 0.6) is 0 Å². The van der Waals surface area contributed by atoms with Crippen LogP contribution in [0.1, 0.15) is 5.56 Å². The first-order valence-corrected chi connectivity index (χ1v) is 3.93. The molecule has 0 amide bonds. The zero-order chi connectivity index (χ0) is 7.56. The van der Waals surface area contributed by atoms with E-state index in [9.17, 15) is 0 Å². The summed E-state index contributed by atoms with van der Waals surface area (Å²) in [4.78, 5) is 0. The van der Waals surface area contributed by atoms with Gasteiger partial charge in [-0.2, -0.15) is 0 Å². The minimum Gasteiger partial charge on any atom is -0.411 e. The van der Waals surface area contributed by atoms with Gasteiger partial charge in [-0.15, -0.1) is 11.3 Å². The number of hydrogen-bond acceptors (Lipinski definition) is 3. The topological polar surface area (TPSA) is 32.6 Å². The molecule has 0 aliphatic rings. The first-order valence-electron chi connectivity index (χ1n) is 2.36. The van der Waals surface area contributed by atoms with Gasteiger partial charge >= 0.3 is 0 Å². The van der Waals surface area contributed by atoms with Crippen molar-refractivity contribution in [2.75, 3.05) is 0 Å². The summed E-state index contributed by atoms with van der Waals surface area (Å²) in [6.45, 7) is 0. The smallest absolute Gasteiger partial charge is 0.103 e. The summed E-state index contributed by atoms with van der Waals surface area (Å²) < 4.78 is 1.11. The summed E-state index contributed by atoms with van der Waals surface area (Å²) in [7, 11) is 0. The highest BCUT2D eigenvalue weighted by atomic mass is 35.5. The lowest BCUT2D eigenvalue weighted by atomic mass is 10.4. The molecule has 0 radical (unpaired) electrons. The van der Waals surface area contributed by atoms with Crippen LogP contribution in [-0.4, -0.2) is 11.4 Å². The molecule has 0 aliphatic heterocycles. The summed E-state index contributed by atoms with van der Waals surface area (Å²) >= 11 is 12.5. The van der Waals surface area contributed by atoms with Crippen LogP contribution in [0.3, 0.4) is 0 Å². The molecule has 1 rings (SSSR count). The molecule has 0 spiro atoms. The highest BCUT2D eigenvalue weighted by Crippen LogP contribution is 2.29. The van der Waals surface area contributed by atoms with E-state index in [0.717, 1.165) is 0 Å². The van der Waals surface area contributed by atoms with Crippen molar-refractivity contribution in [1.29, 1.82) is 0 Å². The molecule has 0 aliphatic carbocycles. The third-order valence-corrected chi connectivity index (χ3v) is 2.40. The van der Waals surface area contributed by atoms with E-state index < -0.39 is 0 Å². The first kappa shape index (κ1) is 7.85. The van der Waals surface area contributed by atoms with E-state index >= 15 is 0 Å². The summed E-state index contributed by atoms with van der Waals surface area (Å²) in [5.74, 6) is 0. The fourth-order valence-corrected chi connectivity index (χ4v) is 1.91. The number of nitrogens with zero attached hydrogens (tertiary/aromatic N) is 1. The van der Waals surface area contributed by atoms with E-state index in [1.807, 2.05) is 0 Å². The summed E-state index contributed by atoms with van der Waals surface area (Å²) in [6, 6.07) is 1.63. The lowest BCUT2D eigenvalue weighted by molar-refractivity contribution is 0.322. The van der Waals surface area contributed by atoms with E-state index in [1.165, 1.54) is 17.6 Å². The second-order valence-corrected chi connectivity index (χ2v) is 3.81. The van der Waals surface area contributed by atoms with Crippen LogP contribution in [0.2, 0.25) is 8.67 Å². The maximum absolute atomic E-state index is 8.13. The Morgan fingerprint density at radius 2 is 2.30 bits per heavy atom. The Kier molecular flexibility index (Phi) is 2.54. The molecule has 0 aromatic carbocycles. The summed E-state index contributed by atoms with van der Waals surface area (Å²) in [5, 5.41) is 10.9. The van der Waals surface area contributed by atoms with Gasteiger partial charge in [-0.25, -0.2) is 0 Å². The predicted molar refractivity (Wildman–Crippen MR) is 43.7 cm³/mol. The van der Waals surface area contributed by atoms with Gasteiger partial charge in [0, 0.05) is 5.56 Å². The van der Waals surface area contributed by atoms with E-state index in [1.54, 1.807) is 6.07 Å². The lowest BCUT2D eigenvalue weighted by Gasteiger charge is -1.80. The molecule has 0 saturated carbocycles. The van der Waals surface area contributed by atoms with Gasteiger partial charge in [-0.05, 0) is 6.07 Å². The van der Waals surface area contributed by atoms with Crippen molar-refractivity contribution >= 4 is 40.8 Å². The van der Waals surface area contributed by atoms with Gasteiger partial charge in [-0.1, -0.05) is 28.4 Å². The molecule has 1 aromatic heterocycles. The largest absolute Gasteiger partial charge is 0.411 e. The first-order chi connectivity index (χ1) is 4.74. The number of rotatable bonds is 1. The van der Waals surface area contributed by atoms with Crippen LogP contribution in [0.4, 0.5) is 0 Å². The van der Waals surface area contributed by atoms with E-state index in [2.05, 4.69) is 5.16 Å². The van der Waals surface area contributed by atoms with Crippen LogP contribution in [0.25, 0.3) is 0 Å². The van der Waals surface area contributed by atoms with Gasteiger partial charge in [0.15, 0.2) is 0 Å². The fraction of sp³-hybridized carbons (Fsp3) is 0. The van der Waals surface area contributed by atoms with E-state index in [-0.39, 0.29) is 0 Å². The minimum absolute atomic E-state index is 0.530. The molecule has 5 heteroatoms. The Morgan fingerprint density at radius 1 is 1.60 bits per heavy atom. The molecule has 10 heavy (non-hydrogen) atoms. The van der Waals surface area contributed by atoms with Crippen molar-refractivity contribution in [3.05, 3.63) is 20.3 Å². The Morgan fingerprint density at radius 3 is 2.70 bits per heavy atom. The third kappa shape index (κ3) is 1.62. The van der Waals surface area contributed by atoms with Crippen molar-refractivity contribution in [3.8, 4) is 0 Å². The SMILES string of the molecule is O/N=C/c1cc(Cl)sc1Cl. The Hall–Kier alpha value is -0.250. The monoisotopic (exact) mass is 195 g/mol. The molecule has 54 valence electrons. The zero-order valence-electron chi connectivity index (χ0n) is 4.71. The maximum Gasteiger partial charge on any atom is 0.103 e. The Balaban J connectivity index is 3.03. The molecule has 0 saturated heterocycles. The van der Waals surface area contributed by atoms with Crippen LogP contribution in [-0.2, 0) is 0 Å². The van der Waals surface area contributed by atoms with Crippen LogP contribution >= 0.6 is 34.5 Å². The van der Waals surface area contributed by atoms with Gasteiger partial charge in [0.1, 0.15) is 4.34 Å². The number of hydrogen-bond donors (Lipinski definition) is 1.